The molecule has 0 fully saturated rings. The van der Waals surface area contributed by atoms with Crippen LogP contribution >= 0.6 is 11.3 Å². The van der Waals surface area contributed by atoms with E-state index in [2.05, 4.69) is 55.3 Å². The number of amides is 1. The van der Waals surface area contributed by atoms with E-state index in [-0.39, 0.29) is 11.3 Å². The van der Waals surface area contributed by atoms with Crippen LogP contribution in [-0.2, 0) is 5.41 Å². The summed E-state index contributed by atoms with van der Waals surface area (Å²) >= 11 is 1.44. The maximum absolute atomic E-state index is 12.6. The molecule has 28 heavy (non-hydrogen) atoms. The van der Waals surface area contributed by atoms with Gasteiger partial charge in [0.2, 0.25) is 0 Å². The topological polar surface area (TPSA) is 42.0 Å². The van der Waals surface area contributed by atoms with Crippen LogP contribution in [0.1, 0.15) is 36.7 Å². The first kappa shape index (κ1) is 18.4. The third-order valence-corrected chi connectivity index (χ3v) is 5.56. The fraction of sp³-hybridized carbons (Fsp3) is 0.167. The van der Waals surface area contributed by atoms with E-state index in [1.165, 1.54) is 22.3 Å². The van der Waals surface area contributed by atoms with Gasteiger partial charge in [-0.05, 0) is 33.9 Å². The molecule has 0 bridgehead atoms. The second-order valence-corrected chi connectivity index (χ2v) is 8.70. The Morgan fingerprint density at radius 1 is 0.929 bits per heavy atom. The molecule has 0 spiro atoms. The summed E-state index contributed by atoms with van der Waals surface area (Å²) < 4.78 is 0. The van der Waals surface area contributed by atoms with Crippen LogP contribution in [-0.4, -0.2) is 10.9 Å². The lowest BCUT2D eigenvalue weighted by molar-refractivity contribution is 0.102. The van der Waals surface area contributed by atoms with Crippen molar-refractivity contribution in [3.63, 3.8) is 0 Å². The molecule has 140 valence electrons. The number of hydrogen-bond donors (Lipinski definition) is 1. The van der Waals surface area contributed by atoms with Crippen molar-refractivity contribution in [2.75, 3.05) is 5.32 Å². The zero-order chi connectivity index (χ0) is 19.7. The third kappa shape index (κ3) is 3.69. The summed E-state index contributed by atoms with van der Waals surface area (Å²) in [6.45, 7) is 6.48. The molecule has 0 atom stereocenters. The van der Waals surface area contributed by atoms with Crippen molar-refractivity contribution in [2.24, 2.45) is 0 Å². The number of aromatic nitrogens is 1. The van der Waals surface area contributed by atoms with Crippen LogP contribution in [0.3, 0.4) is 0 Å². The largest absolute Gasteiger partial charge is 0.298 e. The Hall–Kier alpha value is -2.98. The predicted octanol–water partition coefficient (Wildman–Crippen LogP) is 6.51. The van der Waals surface area contributed by atoms with Crippen LogP contribution in [0.5, 0.6) is 0 Å². The van der Waals surface area contributed by atoms with Crippen molar-refractivity contribution in [1.82, 2.24) is 4.98 Å². The monoisotopic (exact) mass is 386 g/mol. The Bertz CT molecular complexity index is 1130. The molecule has 0 unspecified atom stereocenters. The van der Waals surface area contributed by atoms with E-state index in [0.29, 0.717) is 10.7 Å². The summed E-state index contributed by atoms with van der Waals surface area (Å²) in [5, 5.41) is 7.85. The lowest BCUT2D eigenvalue weighted by Crippen LogP contribution is -2.14. The molecule has 1 aromatic heterocycles. The smallest absolute Gasteiger partial charge is 0.257 e. The van der Waals surface area contributed by atoms with Gasteiger partial charge in [0, 0.05) is 16.5 Å². The maximum atomic E-state index is 12.6. The average Bonchev–Trinajstić information content (AvgIpc) is 3.15. The zero-order valence-electron chi connectivity index (χ0n) is 16.2. The Labute approximate surface area is 169 Å². The van der Waals surface area contributed by atoms with Gasteiger partial charge in [-0.2, -0.15) is 0 Å². The Balaban J connectivity index is 1.56. The van der Waals surface area contributed by atoms with Gasteiger partial charge in [0.1, 0.15) is 0 Å². The van der Waals surface area contributed by atoms with E-state index in [4.69, 9.17) is 0 Å². The zero-order valence-corrected chi connectivity index (χ0v) is 17.0. The molecule has 4 aromatic rings. The number of nitrogens with zero attached hydrogens (tertiary/aromatic N) is 1. The van der Waals surface area contributed by atoms with Gasteiger partial charge >= 0.3 is 0 Å². The molecular formula is C24H22N2OS. The van der Waals surface area contributed by atoms with E-state index in [1.807, 2.05) is 47.8 Å². The minimum atomic E-state index is -0.140. The highest BCUT2D eigenvalue weighted by atomic mass is 32.1. The van der Waals surface area contributed by atoms with Crippen LogP contribution in [0.25, 0.3) is 22.0 Å². The van der Waals surface area contributed by atoms with Crippen molar-refractivity contribution in [2.45, 2.75) is 26.2 Å². The molecule has 1 N–H and O–H groups in total. The lowest BCUT2D eigenvalue weighted by Gasteiger charge is -2.18. The highest BCUT2D eigenvalue weighted by Gasteiger charge is 2.15. The molecule has 1 amide bonds. The van der Waals surface area contributed by atoms with Gasteiger partial charge in [-0.25, -0.2) is 4.98 Å². The highest BCUT2D eigenvalue weighted by Crippen LogP contribution is 2.31. The molecule has 4 rings (SSSR count). The lowest BCUT2D eigenvalue weighted by atomic mass is 9.87. The molecule has 0 aliphatic heterocycles. The Kier molecular flexibility index (Phi) is 4.73. The van der Waals surface area contributed by atoms with Crippen LogP contribution in [0.15, 0.2) is 72.1 Å². The molecular weight excluding hydrogens is 364 g/mol. The van der Waals surface area contributed by atoms with Gasteiger partial charge in [0.15, 0.2) is 5.13 Å². The summed E-state index contributed by atoms with van der Waals surface area (Å²) in [6.07, 6.45) is 0. The number of anilines is 1. The van der Waals surface area contributed by atoms with Crippen molar-refractivity contribution in [3.05, 3.63) is 83.2 Å². The Morgan fingerprint density at radius 3 is 2.39 bits per heavy atom. The minimum Gasteiger partial charge on any atom is -0.298 e. The molecule has 0 aliphatic carbocycles. The molecule has 3 aromatic carbocycles. The number of fused-ring (bicyclic) bond motifs is 1. The summed E-state index contributed by atoms with van der Waals surface area (Å²) in [7, 11) is 0. The third-order valence-electron chi connectivity index (χ3n) is 4.80. The highest BCUT2D eigenvalue weighted by molar-refractivity contribution is 7.14. The van der Waals surface area contributed by atoms with Gasteiger partial charge in [-0.1, -0.05) is 75.4 Å². The Morgan fingerprint density at radius 2 is 1.64 bits per heavy atom. The molecule has 0 saturated carbocycles. The van der Waals surface area contributed by atoms with Crippen LogP contribution in [0, 0.1) is 0 Å². The quantitative estimate of drug-likeness (QED) is 0.436. The van der Waals surface area contributed by atoms with E-state index >= 15 is 0 Å². The fourth-order valence-corrected chi connectivity index (χ4v) is 3.90. The first-order valence-electron chi connectivity index (χ1n) is 9.27. The van der Waals surface area contributed by atoms with E-state index in [9.17, 15) is 4.79 Å². The summed E-state index contributed by atoms with van der Waals surface area (Å²) in [5.41, 5.74) is 3.86. The molecule has 0 aliphatic rings. The van der Waals surface area contributed by atoms with Crippen molar-refractivity contribution >= 4 is 33.1 Å². The van der Waals surface area contributed by atoms with E-state index in [1.54, 1.807) is 0 Å². The van der Waals surface area contributed by atoms with Gasteiger partial charge < -0.3 is 0 Å². The second kappa shape index (κ2) is 7.21. The first-order chi connectivity index (χ1) is 13.4. The molecule has 0 saturated heterocycles. The molecule has 3 nitrogen and oxygen atoms in total. The standard InChI is InChI=1S/C24H22N2OS/c1-24(2,3)18-13-11-17(12-14-18)22(27)26-23-25-21(15-28-23)20-10-6-8-16-7-4-5-9-19(16)20/h4-15H,1-3H3,(H,25,26,27). The van der Waals surface area contributed by atoms with E-state index in [0.717, 1.165) is 16.6 Å². The SMILES string of the molecule is CC(C)(C)c1ccc(C(=O)Nc2nc(-c3cccc4ccccc34)cs2)cc1. The van der Waals surface area contributed by atoms with Crippen LogP contribution in [0.4, 0.5) is 5.13 Å². The normalized spacial score (nSPS) is 11.5. The number of carbonyl (C=O) groups excluding carboxylic acids is 1. The van der Waals surface area contributed by atoms with Crippen molar-refractivity contribution in [1.29, 1.82) is 0 Å². The van der Waals surface area contributed by atoms with Gasteiger partial charge in [-0.15, -0.1) is 11.3 Å². The van der Waals surface area contributed by atoms with Crippen molar-refractivity contribution < 1.29 is 4.79 Å². The van der Waals surface area contributed by atoms with Gasteiger partial charge in [0.25, 0.3) is 5.91 Å². The van der Waals surface area contributed by atoms with Crippen LogP contribution in [0.2, 0.25) is 0 Å². The summed E-state index contributed by atoms with van der Waals surface area (Å²) in [6, 6.07) is 22.2. The summed E-state index contributed by atoms with van der Waals surface area (Å²) in [5.74, 6) is -0.140. The predicted molar refractivity (Wildman–Crippen MR) is 118 cm³/mol. The van der Waals surface area contributed by atoms with Crippen LogP contribution < -0.4 is 5.32 Å². The fourth-order valence-electron chi connectivity index (χ4n) is 3.19. The number of benzene rings is 3. The molecule has 1 heterocycles. The number of hydrogen-bond acceptors (Lipinski definition) is 3. The number of nitrogens with one attached hydrogen (secondary N) is 1. The van der Waals surface area contributed by atoms with Gasteiger partial charge in [-0.3, -0.25) is 10.1 Å². The average molecular weight is 387 g/mol. The number of thiazole rings is 1. The summed E-state index contributed by atoms with van der Waals surface area (Å²) in [4.78, 5) is 17.2. The van der Waals surface area contributed by atoms with E-state index < -0.39 is 0 Å². The first-order valence-corrected chi connectivity index (χ1v) is 10.2. The maximum Gasteiger partial charge on any atom is 0.257 e. The molecule has 0 radical (unpaired) electrons. The molecule has 4 heteroatoms. The minimum absolute atomic E-state index is 0.0671. The van der Waals surface area contributed by atoms with Gasteiger partial charge in [0.05, 0.1) is 5.69 Å². The number of rotatable bonds is 3. The second-order valence-electron chi connectivity index (χ2n) is 7.85. The number of carbonyl (C=O) groups is 1. The van der Waals surface area contributed by atoms with Crippen molar-refractivity contribution in [3.8, 4) is 11.3 Å².